The lowest BCUT2D eigenvalue weighted by Crippen LogP contribution is -2.43. The number of guanidine groups is 1. The van der Waals surface area contributed by atoms with Gasteiger partial charge in [-0.25, -0.2) is 0 Å². The SMILES string of the molecule is CSC1CCC(NC(=NCCc2cccs2)NCCc2ccco2)C1. The van der Waals surface area contributed by atoms with Crippen LogP contribution in [0.3, 0.4) is 0 Å². The Bertz CT molecular complexity index is 625. The van der Waals surface area contributed by atoms with Gasteiger partial charge in [-0.05, 0) is 49.1 Å². The van der Waals surface area contributed by atoms with E-state index < -0.39 is 0 Å². The molecule has 25 heavy (non-hydrogen) atoms. The number of aliphatic imine (C=N–C) groups is 1. The first-order chi connectivity index (χ1) is 12.3. The normalized spacial score (nSPS) is 20.8. The van der Waals surface area contributed by atoms with Crippen LogP contribution in [0.2, 0.25) is 0 Å². The number of hydrogen-bond acceptors (Lipinski definition) is 4. The van der Waals surface area contributed by atoms with E-state index in [1.807, 2.05) is 23.9 Å². The molecule has 2 unspecified atom stereocenters. The van der Waals surface area contributed by atoms with Crippen molar-refractivity contribution in [1.29, 1.82) is 0 Å². The van der Waals surface area contributed by atoms with Crippen LogP contribution < -0.4 is 10.6 Å². The van der Waals surface area contributed by atoms with Gasteiger partial charge in [0.05, 0.1) is 6.26 Å². The number of furan rings is 1. The highest BCUT2D eigenvalue weighted by Gasteiger charge is 2.24. The van der Waals surface area contributed by atoms with Gasteiger partial charge in [0.25, 0.3) is 0 Å². The maximum Gasteiger partial charge on any atom is 0.191 e. The predicted octanol–water partition coefficient (Wildman–Crippen LogP) is 3.95. The standard InChI is InChI=1S/C19H27N3OS2/c1-24-18-7-6-15(14-18)22-19(20-10-8-16-4-2-12-23-16)21-11-9-17-5-3-13-25-17/h2-5,12-13,15,18H,6-11,14H2,1H3,(H2,20,21,22). The summed E-state index contributed by atoms with van der Waals surface area (Å²) < 4.78 is 5.41. The van der Waals surface area contributed by atoms with Crippen molar-refractivity contribution in [2.24, 2.45) is 4.99 Å². The number of thiophene rings is 1. The Hall–Kier alpha value is -1.40. The summed E-state index contributed by atoms with van der Waals surface area (Å²) in [5.74, 6) is 1.95. The van der Waals surface area contributed by atoms with Gasteiger partial charge in [-0.2, -0.15) is 11.8 Å². The van der Waals surface area contributed by atoms with Crippen LogP contribution >= 0.6 is 23.1 Å². The van der Waals surface area contributed by atoms with E-state index in [4.69, 9.17) is 9.41 Å². The molecule has 1 saturated carbocycles. The second-order valence-corrected chi connectivity index (χ2v) is 8.50. The van der Waals surface area contributed by atoms with Gasteiger partial charge in [-0.15, -0.1) is 11.3 Å². The zero-order valence-corrected chi connectivity index (χ0v) is 16.4. The molecule has 0 spiro atoms. The molecule has 2 atom stereocenters. The molecule has 6 heteroatoms. The average molecular weight is 378 g/mol. The highest BCUT2D eigenvalue weighted by molar-refractivity contribution is 7.99. The van der Waals surface area contributed by atoms with Crippen molar-refractivity contribution >= 4 is 29.1 Å². The Balaban J connectivity index is 1.50. The summed E-state index contributed by atoms with van der Waals surface area (Å²) in [6.45, 7) is 1.65. The summed E-state index contributed by atoms with van der Waals surface area (Å²) >= 11 is 3.79. The van der Waals surface area contributed by atoms with Crippen LogP contribution in [0.5, 0.6) is 0 Å². The van der Waals surface area contributed by atoms with E-state index in [1.165, 1.54) is 24.1 Å². The van der Waals surface area contributed by atoms with Crippen LogP contribution in [0, 0.1) is 0 Å². The van der Waals surface area contributed by atoms with Gasteiger partial charge in [0.1, 0.15) is 5.76 Å². The maximum atomic E-state index is 5.41. The van der Waals surface area contributed by atoms with Crippen LogP contribution in [-0.2, 0) is 12.8 Å². The minimum absolute atomic E-state index is 0.536. The van der Waals surface area contributed by atoms with Crippen molar-refractivity contribution in [2.75, 3.05) is 19.3 Å². The van der Waals surface area contributed by atoms with Gasteiger partial charge in [0, 0.05) is 42.1 Å². The quantitative estimate of drug-likeness (QED) is 0.540. The lowest BCUT2D eigenvalue weighted by atomic mass is 10.2. The third kappa shape index (κ3) is 6.12. The third-order valence-corrected chi connectivity index (χ3v) is 6.54. The molecule has 2 heterocycles. The van der Waals surface area contributed by atoms with E-state index >= 15 is 0 Å². The molecular formula is C19H27N3OS2. The van der Waals surface area contributed by atoms with E-state index in [1.54, 1.807) is 17.6 Å². The topological polar surface area (TPSA) is 49.6 Å². The van der Waals surface area contributed by atoms with Crippen LogP contribution in [0.15, 0.2) is 45.3 Å². The Morgan fingerprint density at radius 3 is 3.00 bits per heavy atom. The van der Waals surface area contributed by atoms with Crippen molar-refractivity contribution in [2.45, 2.75) is 43.4 Å². The molecule has 2 aromatic rings. The van der Waals surface area contributed by atoms with Crippen molar-refractivity contribution in [1.82, 2.24) is 10.6 Å². The van der Waals surface area contributed by atoms with Crippen molar-refractivity contribution < 1.29 is 4.42 Å². The molecule has 0 saturated heterocycles. The number of nitrogens with zero attached hydrogens (tertiary/aromatic N) is 1. The fraction of sp³-hybridized carbons (Fsp3) is 0.526. The molecule has 0 bridgehead atoms. The van der Waals surface area contributed by atoms with E-state index in [2.05, 4.69) is 34.4 Å². The van der Waals surface area contributed by atoms with Gasteiger partial charge < -0.3 is 15.1 Å². The second kappa shape index (κ2) is 9.92. The molecule has 4 nitrogen and oxygen atoms in total. The first-order valence-corrected chi connectivity index (χ1v) is 11.1. The summed E-state index contributed by atoms with van der Waals surface area (Å²) in [5.41, 5.74) is 0. The molecule has 136 valence electrons. The summed E-state index contributed by atoms with van der Waals surface area (Å²) in [6, 6.07) is 8.77. The van der Waals surface area contributed by atoms with Crippen LogP contribution in [-0.4, -0.2) is 36.6 Å². The number of rotatable bonds is 8. The van der Waals surface area contributed by atoms with Gasteiger partial charge in [0.15, 0.2) is 5.96 Å². The summed E-state index contributed by atoms with van der Waals surface area (Å²) in [7, 11) is 0. The summed E-state index contributed by atoms with van der Waals surface area (Å²) in [5, 5.41) is 10.0. The van der Waals surface area contributed by atoms with Gasteiger partial charge in [-0.1, -0.05) is 6.07 Å². The molecule has 2 aromatic heterocycles. The van der Waals surface area contributed by atoms with E-state index in [-0.39, 0.29) is 0 Å². The number of nitrogens with one attached hydrogen (secondary N) is 2. The fourth-order valence-electron chi connectivity index (χ4n) is 3.12. The second-order valence-electron chi connectivity index (χ2n) is 6.33. The molecule has 0 radical (unpaired) electrons. The molecule has 1 aliphatic rings. The van der Waals surface area contributed by atoms with E-state index in [0.29, 0.717) is 6.04 Å². The smallest absolute Gasteiger partial charge is 0.191 e. The minimum atomic E-state index is 0.536. The number of hydrogen-bond donors (Lipinski definition) is 2. The molecule has 0 aromatic carbocycles. The zero-order valence-electron chi connectivity index (χ0n) is 14.7. The molecule has 1 fully saturated rings. The molecule has 2 N–H and O–H groups in total. The Morgan fingerprint density at radius 2 is 2.28 bits per heavy atom. The minimum Gasteiger partial charge on any atom is -0.469 e. The van der Waals surface area contributed by atoms with Gasteiger partial charge in [-0.3, -0.25) is 4.99 Å². The molecule has 3 rings (SSSR count). The van der Waals surface area contributed by atoms with Crippen molar-refractivity contribution in [3.63, 3.8) is 0 Å². The third-order valence-electron chi connectivity index (χ3n) is 4.51. The van der Waals surface area contributed by atoms with Crippen LogP contribution in [0.25, 0.3) is 0 Å². The highest BCUT2D eigenvalue weighted by atomic mass is 32.2. The summed E-state index contributed by atoms with van der Waals surface area (Å²) in [4.78, 5) is 6.19. The van der Waals surface area contributed by atoms with Gasteiger partial charge >= 0.3 is 0 Å². The predicted molar refractivity (Wildman–Crippen MR) is 109 cm³/mol. The zero-order chi connectivity index (χ0) is 17.3. The van der Waals surface area contributed by atoms with E-state index in [0.717, 1.165) is 42.9 Å². The van der Waals surface area contributed by atoms with E-state index in [9.17, 15) is 0 Å². The lowest BCUT2D eigenvalue weighted by molar-refractivity contribution is 0.506. The Labute approximate surface area is 158 Å². The highest BCUT2D eigenvalue weighted by Crippen LogP contribution is 2.28. The Morgan fingerprint density at radius 1 is 1.32 bits per heavy atom. The molecule has 0 aliphatic heterocycles. The molecule has 0 amide bonds. The summed E-state index contributed by atoms with van der Waals surface area (Å²) in [6.07, 6.45) is 9.57. The van der Waals surface area contributed by atoms with Crippen molar-refractivity contribution in [3.05, 3.63) is 46.5 Å². The maximum absolute atomic E-state index is 5.41. The average Bonchev–Trinajstić information content (AvgIpc) is 3.37. The Kier molecular flexibility index (Phi) is 7.30. The molecule has 1 aliphatic carbocycles. The first kappa shape index (κ1) is 18.4. The monoisotopic (exact) mass is 377 g/mol. The van der Waals surface area contributed by atoms with Crippen molar-refractivity contribution in [3.8, 4) is 0 Å². The molecular weight excluding hydrogens is 350 g/mol. The van der Waals surface area contributed by atoms with Gasteiger partial charge in [0.2, 0.25) is 0 Å². The lowest BCUT2D eigenvalue weighted by Gasteiger charge is -2.17. The van der Waals surface area contributed by atoms with Crippen LogP contribution in [0.4, 0.5) is 0 Å². The fourth-order valence-corrected chi connectivity index (χ4v) is 4.62. The largest absolute Gasteiger partial charge is 0.469 e. The number of thioether (sulfide) groups is 1. The van der Waals surface area contributed by atoms with Crippen LogP contribution in [0.1, 0.15) is 29.9 Å². The first-order valence-electron chi connectivity index (χ1n) is 8.96.